The quantitative estimate of drug-likeness (QED) is 0.818. The van der Waals surface area contributed by atoms with Crippen LogP contribution in [0.2, 0.25) is 0 Å². The maximum Gasteiger partial charge on any atom is 0.233 e. The fraction of sp³-hybridized carbons (Fsp3) is 0.650. The first-order valence-corrected chi connectivity index (χ1v) is 10.4. The van der Waals surface area contributed by atoms with Crippen molar-refractivity contribution in [1.29, 1.82) is 0 Å². The van der Waals surface area contributed by atoms with Crippen LogP contribution in [0.5, 0.6) is 0 Å². The van der Waals surface area contributed by atoms with Crippen molar-refractivity contribution >= 4 is 17.7 Å². The van der Waals surface area contributed by atoms with Crippen LogP contribution in [-0.2, 0) is 14.3 Å². The van der Waals surface area contributed by atoms with Crippen molar-refractivity contribution in [1.82, 2.24) is 4.90 Å². The number of hydrogen-bond acceptors (Lipinski definition) is 5. The standard InChI is InChI=1S/C20H27NO4S/c1-14-4-2-3-5-18(14)26-13-19(22)21-10-15-11-25-9-7-20(15,23)16-12-24-8-6-17(16)21/h2-5,15-17,23H,6-13H2,1H3/t15-,16+,17-,20-/m0/s1. The lowest BCUT2D eigenvalue weighted by atomic mass is 9.66. The van der Waals surface area contributed by atoms with Gasteiger partial charge >= 0.3 is 0 Å². The molecule has 3 aliphatic heterocycles. The van der Waals surface area contributed by atoms with Gasteiger partial charge in [-0.2, -0.15) is 0 Å². The van der Waals surface area contributed by atoms with Gasteiger partial charge in [-0.3, -0.25) is 4.79 Å². The maximum atomic E-state index is 13.1. The Kier molecular flexibility index (Phi) is 5.28. The number of rotatable bonds is 3. The molecule has 4 atom stereocenters. The van der Waals surface area contributed by atoms with E-state index in [-0.39, 0.29) is 23.8 Å². The van der Waals surface area contributed by atoms with E-state index in [1.165, 1.54) is 5.56 Å². The van der Waals surface area contributed by atoms with E-state index >= 15 is 0 Å². The first kappa shape index (κ1) is 18.3. The Hall–Kier alpha value is -1.08. The summed E-state index contributed by atoms with van der Waals surface area (Å²) in [5, 5.41) is 11.3. The molecule has 0 bridgehead atoms. The van der Waals surface area contributed by atoms with E-state index in [9.17, 15) is 9.90 Å². The number of nitrogens with zero attached hydrogens (tertiary/aromatic N) is 1. The molecule has 0 radical (unpaired) electrons. The molecule has 0 aliphatic carbocycles. The molecule has 0 aromatic heterocycles. The summed E-state index contributed by atoms with van der Waals surface area (Å²) in [7, 11) is 0. The summed E-state index contributed by atoms with van der Waals surface area (Å²) in [5.41, 5.74) is 0.437. The number of benzene rings is 1. The number of aliphatic hydroxyl groups is 1. The van der Waals surface area contributed by atoms with Crippen LogP contribution < -0.4 is 0 Å². The average molecular weight is 378 g/mol. The van der Waals surface area contributed by atoms with E-state index in [4.69, 9.17) is 9.47 Å². The molecule has 3 saturated heterocycles. The van der Waals surface area contributed by atoms with Crippen LogP contribution in [0.1, 0.15) is 18.4 Å². The van der Waals surface area contributed by atoms with Crippen molar-refractivity contribution in [3.05, 3.63) is 29.8 Å². The van der Waals surface area contributed by atoms with Crippen molar-refractivity contribution in [2.24, 2.45) is 11.8 Å². The SMILES string of the molecule is Cc1ccccc1SCC(=O)N1C[C@H]2COCC[C@@]2(O)[C@@H]2COCC[C@@H]21. The van der Waals surface area contributed by atoms with E-state index < -0.39 is 5.60 Å². The predicted octanol–water partition coefficient (Wildman–Crippen LogP) is 2.10. The van der Waals surface area contributed by atoms with Gasteiger partial charge in [0.1, 0.15) is 0 Å². The Bertz CT molecular complexity index is 669. The molecule has 1 aromatic carbocycles. The molecular formula is C20H27NO4S. The summed E-state index contributed by atoms with van der Waals surface area (Å²) in [6.07, 6.45) is 1.45. The molecule has 0 unspecified atom stereocenters. The highest BCUT2D eigenvalue weighted by molar-refractivity contribution is 8.00. The van der Waals surface area contributed by atoms with Crippen LogP contribution in [-0.4, -0.2) is 66.3 Å². The van der Waals surface area contributed by atoms with Gasteiger partial charge in [-0.05, 0) is 25.0 Å². The molecule has 3 aliphatic rings. The highest BCUT2D eigenvalue weighted by atomic mass is 32.2. The molecule has 26 heavy (non-hydrogen) atoms. The Labute approximate surface area is 159 Å². The molecule has 5 nitrogen and oxygen atoms in total. The summed E-state index contributed by atoms with van der Waals surface area (Å²) < 4.78 is 11.3. The molecule has 142 valence electrons. The zero-order chi connectivity index (χ0) is 18.1. The molecule has 3 heterocycles. The van der Waals surface area contributed by atoms with E-state index in [1.54, 1.807) is 11.8 Å². The number of amides is 1. The average Bonchev–Trinajstić information content (AvgIpc) is 2.66. The Morgan fingerprint density at radius 2 is 2.12 bits per heavy atom. The van der Waals surface area contributed by atoms with Gasteiger partial charge in [0.05, 0.1) is 24.6 Å². The van der Waals surface area contributed by atoms with Gasteiger partial charge in [0.25, 0.3) is 0 Å². The lowest BCUT2D eigenvalue weighted by molar-refractivity contribution is -0.218. The monoisotopic (exact) mass is 377 g/mol. The molecular weight excluding hydrogens is 350 g/mol. The summed E-state index contributed by atoms with van der Waals surface area (Å²) >= 11 is 1.60. The third kappa shape index (κ3) is 3.28. The minimum absolute atomic E-state index is 0.00805. The second-order valence-electron chi connectivity index (χ2n) is 7.65. The van der Waals surface area contributed by atoms with Crippen molar-refractivity contribution in [3.8, 4) is 0 Å². The van der Waals surface area contributed by atoms with Crippen molar-refractivity contribution in [2.75, 3.05) is 38.7 Å². The van der Waals surface area contributed by atoms with Gasteiger partial charge in [0.15, 0.2) is 0 Å². The number of piperidine rings is 1. The second kappa shape index (κ2) is 7.50. The van der Waals surface area contributed by atoms with Gasteiger partial charge < -0.3 is 19.5 Å². The highest BCUT2D eigenvalue weighted by Gasteiger charge is 2.56. The Morgan fingerprint density at radius 1 is 1.31 bits per heavy atom. The normalized spacial score (nSPS) is 34.1. The molecule has 1 aromatic rings. The topological polar surface area (TPSA) is 59.0 Å². The van der Waals surface area contributed by atoms with Crippen LogP contribution in [0.15, 0.2) is 29.2 Å². The number of thioether (sulfide) groups is 1. The zero-order valence-corrected chi connectivity index (χ0v) is 16.0. The first-order chi connectivity index (χ1) is 12.6. The van der Waals surface area contributed by atoms with Gasteiger partial charge in [-0.25, -0.2) is 0 Å². The van der Waals surface area contributed by atoms with E-state index in [1.807, 2.05) is 17.0 Å². The molecule has 1 N–H and O–H groups in total. The fourth-order valence-electron chi connectivity index (χ4n) is 4.69. The first-order valence-electron chi connectivity index (χ1n) is 9.45. The van der Waals surface area contributed by atoms with Crippen molar-refractivity contribution < 1.29 is 19.4 Å². The minimum Gasteiger partial charge on any atom is -0.389 e. The number of carbonyl (C=O) groups excluding carboxylic acids is 1. The summed E-state index contributed by atoms with van der Waals surface area (Å²) in [6.45, 7) is 4.97. The third-order valence-corrected chi connectivity index (χ3v) is 7.38. The van der Waals surface area contributed by atoms with Gasteiger partial charge in [0, 0.05) is 49.0 Å². The van der Waals surface area contributed by atoms with Gasteiger partial charge in [0.2, 0.25) is 5.91 Å². The largest absolute Gasteiger partial charge is 0.389 e. The Morgan fingerprint density at radius 3 is 2.96 bits per heavy atom. The molecule has 0 spiro atoms. The summed E-state index contributed by atoms with van der Waals surface area (Å²) in [6, 6.07) is 8.24. The maximum absolute atomic E-state index is 13.1. The zero-order valence-electron chi connectivity index (χ0n) is 15.2. The summed E-state index contributed by atoms with van der Waals surface area (Å²) in [5.74, 6) is 0.557. The lowest BCUT2D eigenvalue weighted by Gasteiger charge is -2.57. The van der Waals surface area contributed by atoms with Crippen LogP contribution in [0.4, 0.5) is 0 Å². The smallest absolute Gasteiger partial charge is 0.233 e. The number of aryl methyl sites for hydroxylation is 1. The molecule has 6 heteroatoms. The van der Waals surface area contributed by atoms with Crippen LogP contribution >= 0.6 is 11.8 Å². The highest BCUT2D eigenvalue weighted by Crippen LogP contribution is 2.44. The molecule has 3 fully saturated rings. The minimum atomic E-state index is -0.761. The van der Waals surface area contributed by atoms with Gasteiger partial charge in [-0.1, -0.05) is 18.2 Å². The number of ether oxygens (including phenoxy) is 2. The van der Waals surface area contributed by atoms with Crippen LogP contribution in [0.25, 0.3) is 0 Å². The van der Waals surface area contributed by atoms with Crippen LogP contribution in [0.3, 0.4) is 0 Å². The number of likely N-dealkylation sites (tertiary alicyclic amines) is 1. The Balaban J connectivity index is 1.50. The lowest BCUT2D eigenvalue weighted by Crippen LogP contribution is -2.69. The van der Waals surface area contributed by atoms with E-state index in [0.717, 1.165) is 11.3 Å². The number of fused-ring (bicyclic) bond motifs is 3. The molecule has 4 rings (SSSR count). The second-order valence-corrected chi connectivity index (χ2v) is 8.67. The summed E-state index contributed by atoms with van der Waals surface area (Å²) in [4.78, 5) is 16.2. The van der Waals surface area contributed by atoms with E-state index in [0.29, 0.717) is 45.1 Å². The van der Waals surface area contributed by atoms with Gasteiger partial charge in [-0.15, -0.1) is 11.8 Å². The van der Waals surface area contributed by atoms with Crippen molar-refractivity contribution in [2.45, 2.75) is 36.3 Å². The molecule has 0 saturated carbocycles. The molecule has 1 amide bonds. The van der Waals surface area contributed by atoms with E-state index in [2.05, 4.69) is 19.1 Å². The third-order valence-electron chi connectivity index (χ3n) is 6.22. The fourth-order valence-corrected chi connectivity index (χ4v) is 5.60. The number of carbonyl (C=O) groups is 1. The van der Waals surface area contributed by atoms with Crippen LogP contribution in [0, 0.1) is 18.8 Å². The number of hydrogen-bond donors (Lipinski definition) is 1. The predicted molar refractivity (Wildman–Crippen MR) is 100 cm³/mol. The van der Waals surface area contributed by atoms with Crippen molar-refractivity contribution in [3.63, 3.8) is 0 Å².